The molecule has 2 saturated carbocycles. The van der Waals surface area contributed by atoms with Gasteiger partial charge in [0.1, 0.15) is 29.8 Å². The summed E-state index contributed by atoms with van der Waals surface area (Å²) in [7, 11) is 0. The number of pyridine rings is 1. The van der Waals surface area contributed by atoms with Gasteiger partial charge in [-0.15, -0.1) is 0 Å². The van der Waals surface area contributed by atoms with Gasteiger partial charge in [0.15, 0.2) is 0 Å². The van der Waals surface area contributed by atoms with Crippen LogP contribution in [0, 0.1) is 22.7 Å². The van der Waals surface area contributed by atoms with Gasteiger partial charge in [-0.2, -0.15) is 0 Å². The summed E-state index contributed by atoms with van der Waals surface area (Å²) in [6.45, 7) is 9.47. The molecule has 198 valence electrons. The molecule has 0 spiro atoms. The van der Waals surface area contributed by atoms with Gasteiger partial charge < -0.3 is 18.6 Å². The summed E-state index contributed by atoms with van der Waals surface area (Å²) < 4.78 is 23.8. The molecule has 0 N–H and O–H groups in total. The molecule has 3 aliphatic rings. The maximum Gasteiger partial charge on any atom is 0.343 e. The largest absolute Gasteiger partial charge is 0.487 e. The average Bonchev–Trinajstić information content (AvgIpc) is 2.84. The first-order chi connectivity index (χ1) is 17.5. The molecule has 6 atom stereocenters. The molecule has 2 fully saturated rings. The smallest absolute Gasteiger partial charge is 0.343 e. The Labute approximate surface area is 216 Å². The number of hydrogen-bond donors (Lipinski definition) is 0. The summed E-state index contributed by atoms with van der Waals surface area (Å²) in [6, 6.07) is 5.46. The monoisotopic (exact) mass is 509 g/mol. The summed E-state index contributed by atoms with van der Waals surface area (Å²) in [5.74, 6) is 0.463. The maximum atomic E-state index is 13.2. The van der Waals surface area contributed by atoms with Crippen molar-refractivity contribution >= 4 is 11.9 Å². The fraction of sp³-hybridized carbons (Fsp3) is 0.586. The van der Waals surface area contributed by atoms with Crippen molar-refractivity contribution in [3.8, 4) is 17.1 Å². The minimum absolute atomic E-state index is 0.0355. The Bertz CT molecular complexity index is 1270. The molecule has 37 heavy (non-hydrogen) atoms. The van der Waals surface area contributed by atoms with Crippen LogP contribution in [-0.4, -0.2) is 35.2 Å². The van der Waals surface area contributed by atoms with Crippen LogP contribution >= 0.6 is 0 Å². The minimum Gasteiger partial charge on any atom is -0.487 e. The van der Waals surface area contributed by atoms with Crippen LogP contribution in [0.2, 0.25) is 0 Å². The summed E-state index contributed by atoms with van der Waals surface area (Å²) in [4.78, 5) is 41.1. The van der Waals surface area contributed by atoms with Crippen molar-refractivity contribution < 1.29 is 28.2 Å². The SMILES string of the molecule is CC(=O)OC[C@]1(C)[C@H]2CC[C@]3(C)Oc4cc(-c5cccnc5)oc(=O)c4C[C@@H]3[C@@]2(C)CC[C@@H]1OC(C)=O. The molecule has 8 nitrogen and oxygen atoms in total. The van der Waals surface area contributed by atoms with Crippen molar-refractivity contribution in [2.24, 2.45) is 22.7 Å². The lowest BCUT2D eigenvalue weighted by Crippen LogP contribution is -2.65. The molecule has 0 saturated heterocycles. The van der Waals surface area contributed by atoms with Crippen LogP contribution in [0.15, 0.2) is 39.8 Å². The van der Waals surface area contributed by atoms with Gasteiger partial charge in [0, 0.05) is 49.2 Å². The van der Waals surface area contributed by atoms with E-state index in [1.54, 1.807) is 18.5 Å². The molecular weight excluding hydrogens is 474 g/mol. The average molecular weight is 510 g/mol. The first-order valence-corrected chi connectivity index (χ1v) is 13.0. The van der Waals surface area contributed by atoms with E-state index in [-0.39, 0.29) is 47.5 Å². The van der Waals surface area contributed by atoms with Crippen molar-refractivity contribution in [2.75, 3.05) is 6.61 Å². The fourth-order valence-electron chi connectivity index (χ4n) is 7.60. The topological polar surface area (TPSA) is 105 Å². The van der Waals surface area contributed by atoms with E-state index in [0.29, 0.717) is 29.9 Å². The number of esters is 2. The number of hydrogen-bond acceptors (Lipinski definition) is 8. The van der Waals surface area contributed by atoms with E-state index in [9.17, 15) is 14.4 Å². The van der Waals surface area contributed by atoms with Crippen LogP contribution in [0.4, 0.5) is 0 Å². The Morgan fingerprint density at radius 2 is 1.89 bits per heavy atom. The van der Waals surface area contributed by atoms with E-state index < -0.39 is 11.0 Å². The number of carbonyl (C=O) groups is 2. The zero-order chi connectivity index (χ0) is 26.6. The predicted molar refractivity (Wildman–Crippen MR) is 135 cm³/mol. The van der Waals surface area contributed by atoms with Gasteiger partial charge in [-0.25, -0.2) is 4.79 Å². The Hall–Kier alpha value is -3.16. The van der Waals surface area contributed by atoms with Crippen LogP contribution in [0.25, 0.3) is 11.3 Å². The first-order valence-electron chi connectivity index (χ1n) is 13.0. The third kappa shape index (κ3) is 4.24. The van der Waals surface area contributed by atoms with Crippen molar-refractivity contribution in [2.45, 2.75) is 78.4 Å². The highest BCUT2D eigenvalue weighted by molar-refractivity contribution is 5.67. The zero-order valence-electron chi connectivity index (χ0n) is 22.2. The van der Waals surface area contributed by atoms with E-state index in [4.69, 9.17) is 18.6 Å². The summed E-state index contributed by atoms with van der Waals surface area (Å²) >= 11 is 0. The highest BCUT2D eigenvalue weighted by Crippen LogP contribution is 2.65. The molecule has 1 aliphatic heterocycles. The number of nitrogens with zero attached hydrogens (tertiary/aromatic N) is 1. The number of rotatable bonds is 4. The van der Waals surface area contributed by atoms with Crippen molar-refractivity contribution in [3.05, 3.63) is 46.6 Å². The summed E-state index contributed by atoms with van der Waals surface area (Å²) in [6.07, 6.45) is 6.57. The number of aromatic nitrogens is 1. The van der Waals surface area contributed by atoms with E-state index in [0.717, 1.165) is 24.8 Å². The van der Waals surface area contributed by atoms with E-state index in [1.807, 2.05) is 12.1 Å². The van der Waals surface area contributed by atoms with E-state index >= 15 is 0 Å². The number of fused-ring (bicyclic) bond motifs is 4. The molecule has 0 bridgehead atoms. The molecule has 0 radical (unpaired) electrons. The Morgan fingerprint density at radius 3 is 2.57 bits per heavy atom. The quantitative estimate of drug-likeness (QED) is 0.545. The highest BCUT2D eigenvalue weighted by Gasteiger charge is 2.65. The van der Waals surface area contributed by atoms with Gasteiger partial charge >= 0.3 is 17.6 Å². The molecule has 2 aromatic heterocycles. The van der Waals surface area contributed by atoms with Crippen LogP contribution < -0.4 is 10.4 Å². The van der Waals surface area contributed by atoms with Crippen LogP contribution in [0.1, 0.15) is 65.9 Å². The standard InChI is InChI=1S/C29H35NO7/c1-17(31)34-16-28(4)23-8-11-29(5)24(27(23,3)10-9-25(28)35-18(2)32)13-20-22(37-29)14-21(36-26(20)33)19-7-6-12-30-15-19/h6-7,12,14-15,23-25H,8-11,13,16H2,1-5H3/t23-,24+,25-,27-,28+,29-/m0/s1. The molecular formula is C29H35NO7. The lowest BCUT2D eigenvalue weighted by atomic mass is 9.43. The van der Waals surface area contributed by atoms with Crippen molar-refractivity contribution in [1.29, 1.82) is 0 Å². The van der Waals surface area contributed by atoms with Crippen molar-refractivity contribution in [1.82, 2.24) is 4.98 Å². The second-order valence-corrected chi connectivity index (χ2v) is 11.7. The van der Waals surface area contributed by atoms with Crippen molar-refractivity contribution in [3.63, 3.8) is 0 Å². The molecule has 0 amide bonds. The van der Waals surface area contributed by atoms with Crippen LogP contribution in [0.3, 0.4) is 0 Å². The molecule has 2 aromatic rings. The third-order valence-electron chi connectivity index (χ3n) is 9.34. The molecule has 0 aromatic carbocycles. The number of carbonyl (C=O) groups excluding carboxylic acids is 2. The van der Waals surface area contributed by atoms with E-state index in [2.05, 4.69) is 25.8 Å². The minimum atomic E-state index is -0.555. The summed E-state index contributed by atoms with van der Waals surface area (Å²) in [5.41, 5.74) is -0.375. The van der Waals surface area contributed by atoms with Crippen LogP contribution in [0.5, 0.6) is 5.75 Å². The third-order valence-corrected chi connectivity index (χ3v) is 9.34. The lowest BCUT2D eigenvalue weighted by molar-refractivity contribution is -0.219. The Balaban J connectivity index is 1.53. The molecule has 3 heterocycles. The fourth-order valence-corrected chi connectivity index (χ4v) is 7.60. The Kier molecular flexibility index (Phi) is 6.20. The van der Waals surface area contributed by atoms with Gasteiger partial charge in [-0.1, -0.05) is 13.8 Å². The van der Waals surface area contributed by atoms with Gasteiger partial charge in [0.05, 0.1) is 5.56 Å². The van der Waals surface area contributed by atoms with Gasteiger partial charge in [0.25, 0.3) is 0 Å². The predicted octanol–water partition coefficient (Wildman–Crippen LogP) is 4.72. The lowest BCUT2D eigenvalue weighted by Gasteiger charge is -2.64. The normalized spacial score (nSPS) is 34.2. The summed E-state index contributed by atoms with van der Waals surface area (Å²) in [5, 5.41) is 0. The molecule has 2 aliphatic carbocycles. The maximum absolute atomic E-state index is 13.2. The Morgan fingerprint density at radius 1 is 1.11 bits per heavy atom. The second kappa shape index (κ2) is 8.99. The molecule has 5 rings (SSSR count). The zero-order valence-corrected chi connectivity index (χ0v) is 22.2. The van der Waals surface area contributed by atoms with E-state index in [1.165, 1.54) is 13.8 Å². The highest BCUT2D eigenvalue weighted by atomic mass is 16.6. The molecule has 8 heteroatoms. The van der Waals surface area contributed by atoms with Gasteiger partial charge in [-0.3, -0.25) is 14.6 Å². The van der Waals surface area contributed by atoms with Crippen LogP contribution in [-0.2, 0) is 25.5 Å². The van der Waals surface area contributed by atoms with Gasteiger partial charge in [-0.05, 0) is 62.5 Å². The molecule has 0 unspecified atom stereocenters. The number of ether oxygens (including phenoxy) is 3. The van der Waals surface area contributed by atoms with Gasteiger partial charge in [0.2, 0.25) is 0 Å². The second-order valence-electron chi connectivity index (χ2n) is 11.7. The first kappa shape index (κ1) is 25.5.